The van der Waals surface area contributed by atoms with Crippen LogP contribution in [0.5, 0.6) is 5.75 Å². The third-order valence-electron chi connectivity index (χ3n) is 7.30. The van der Waals surface area contributed by atoms with Gasteiger partial charge in [0.05, 0.1) is 0 Å². The zero-order valence-electron chi connectivity index (χ0n) is 18.9. The van der Waals surface area contributed by atoms with Crippen LogP contribution in [0.2, 0.25) is 0 Å². The summed E-state index contributed by atoms with van der Waals surface area (Å²) in [6.45, 7) is 2.28. The largest absolute Gasteiger partial charge is 0.573 e. The summed E-state index contributed by atoms with van der Waals surface area (Å²) in [6, 6.07) is 5.85. The van der Waals surface area contributed by atoms with Crippen molar-refractivity contribution >= 4 is 0 Å². The second kappa shape index (κ2) is 11.8. The molecule has 2 aliphatic rings. The van der Waals surface area contributed by atoms with Gasteiger partial charge in [-0.25, -0.2) is 0 Å². The number of alkyl halides is 3. The van der Waals surface area contributed by atoms with E-state index >= 15 is 0 Å². The molecule has 4 heteroatoms. The Labute approximate surface area is 186 Å². The van der Waals surface area contributed by atoms with Gasteiger partial charge in [0.15, 0.2) is 0 Å². The van der Waals surface area contributed by atoms with Crippen LogP contribution in [0.1, 0.15) is 96.0 Å². The van der Waals surface area contributed by atoms with Crippen LogP contribution in [0.15, 0.2) is 24.3 Å². The first-order chi connectivity index (χ1) is 14.9. The van der Waals surface area contributed by atoms with Gasteiger partial charge in [-0.2, -0.15) is 0 Å². The summed E-state index contributed by atoms with van der Waals surface area (Å²) in [5.41, 5.74) is 0.744. The Hall–Kier alpha value is -1.63. The summed E-state index contributed by atoms with van der Waals surface area (Å²) in [5, 5.41) is 0. The first-order valence-electron chi connectivity index (χ1n) is 12.3. The van der Waals surface area contributed by atoms with E-state index in [-0.39, 0.29) is 5.75 Å². The van der Waals surface area contributed by atoms with Gasteiger partial charge < -0.3 is 4.74 Å². The molecule has 2 aliphatic carbocycles. The maximum Gasteiger partial charge on any atom is 0.573 e. The molecule has 2 fully saturated rings. The fourth-order valence-corrected chi connectivity index (χ4v) is 5.47. The topological polar surface area (TPSA) is 9.23 Å². The molecule has 0 radical (unpaired) electrons. The van der Waals surface area contributed by atoms with Crippen molar-refractivity contribution in [2.45, 2.75) is 96.8 Å². The quantitative estimate of drug-likeness (QED) is 0.309. The van der Waals surface area contributed by atoms with Gasteiger partial charge in [-0.1, -0.05) is 63.7 Å². The number of halogens is 3. The fraction of sp³-hybridized carbons (Fsp3) is 0.704. The Morgan fingerprint density at radius 1 is 0.839 bits per heavy atom. The zero-order chi connectivity index (χ0) is 22.1. The Morgan fingerprint density at radius 2 is 1.45 bits per heavy atom. The number of unbranched alkanes of at least 4 members (excludes halogenated alkanes) is 3. The van der Waals surface area contributed by atoms with Gasteiger partial charge in [-0.3, -0.25) is 0 Å². The van der Waals surface area contributed by atoms with Crippen LogP contribution in [0.25, 0.3) is 0 Å². The molecule has 0 spiro atoms. The number of hydrogen-bond donors (Lipinski definition) is 0. The highest BCUT2D eigenvalue weighted by Gasteiger charge is 2.31. The van der Waals surface area contributed by atoms with Gasteiger partial charge in [-0.05, 0) is 80.5 Å². The van der Waals surface area contributed by atoms with E-state index in [1.165, 1.54) is 82.8 Å². The van der Waals surface area contributed by atoms with Gasteiger partial charge in [-0.15, -0.1) is 13.2 Å². The fourth-order valence-electron chi connectivity index (χ4n) is 5.47. The Kier molecular flexibility index (Phi) is 9.17. The van der Waals surface area contributed by atoms with Crippen LogP contribution < -0.4 is 4.74 Å². The lowest BCUT2D eigenvalue weighted by molar-refractivity contribution is -0.274. The van der Waals surface area contributed by atoms with Gasteiger partial charge in [0, 0.05) is 11.5 Å². The minimum atomic E-state index is -4.65. The summed E-state index contributed by atoms with van der Waals surface area (Å²) < 4.78 is 40.6. The molecule has 31 heavy (non-hydrogen) atoms. The Bertz CT molecular complexity index is 697. The average Bonchev–Trinajstić information content (AvgIpc) is 2.76. The van der Waals surface area contributed by atoms with E-state index in [1.54, 1.807) is 12.1 Å². The summed E-state index contributed by atoms with van der Waals surface area (Å²) in [4.78, 5) is 0. The molecule has 1 aromatic carbocycles. The van der Waals surface area contributed by atoms with Crippen LogP contribution >= 0.6 is 0 Å². The van der Waals surface area contributed by atoms with E-state index < -0.39 is 6.36 Å². The third-order valence-corrected chi connectivity index (χ3v) is 7.30. The first-order valence-corrected chi connectivity index (χ1v) is 12.3. The van der Waals surface area contributed by atoms with Gasteiger partial charge >= 0.3 is 6.36 Å². The van der Waals surface area contributed by atoms with Crippen molar-refractivity contribution in [2.75, 3.05) is 0 Å². The van der Waals surface area contributed by atoms with E-state index in [0.29, 0.717) is 5.92 Å². The highest BCUT2D eigenvalue weighted by atomic mass is 19.4. The van der Waals surface area contributed by atoms with E-state index in [1.807, 2.05) is 0 Å². The van der Waals surface area contributed by atoms with Crippen LogP contribution in [-0.4, -0.2) is 6.36 Å². The van der Waals surface area contributed by atoms with Crippen LogP contribution in [0.3, 0.4) is 0 Å². The predicted octanol–water partition coefficient (Wildman–Crippen LogP) is 8.52. The van der Waals surface area contributed by atoms with Crippen LogP contribution in [0.4, 0.5) is 13.2 Å². The summed E-state index contributed by atoms with van der Waals surface area (Å²) in [7, 11) is 0. The molecule has 0 unspecified atom stereocenters. The minimum Gasteiger partial charge on any atom is -0.406 e. The standard InChI is InChI=1S/C27H37F3O/c1-2-3-4-5-6-21-9-15-24(16-10-21)25-17-11-22(12-18-25)7-8-23-13-19-26(20-14-23)31-27(28,29)30/h13-14,19-22,24-25H,2-6,9-12,15-18H2,1H3/t21-,22?,24-,25?. The monoisotopic (exact) mass is 434 g/mol. The zero-order valence-corrected chi connectivity index (χ0v) is 18.9. The maximum atomic E-state index is 12.2. The molecule has 0 bridgehead atoms. The lowest BCUT2D eigenvalue weighted by atomic mass is 9.69. The number of hydrogen-bond acceptors (Lipinski definition) is 1. The van der Waals surface area contributed by atoms with Crippen molar-refractivity contribution in [3.63, 3.8) is 0 Å². The van der Waals surface area contributed by atoms with Crippen molar-refractivity contribution in [3.05, 3.63) is 29.8 Å². The van der Waals surface area contributed by atoms with Crippen molar-refractivity contribution in [2.24, 2.45) is 23.7 Å². The van der Waals surface area contributed by atoms with Crippen molar-refractivity contribution in [3.8, 4) is 17.6 Å². The normalized spacial score (nSPS) is 26.7. The maximum absolute atomic E-state index is 12.2. The number of benzene rings is 1. The second-order valence-electron chi connectivity index (χ2n) is 9.58. The molecule has 0 atom stereocenters. The highest BCUT2D eigenvalue weighted by molar-refractivity contribution is 5.38. The molecule has 0 amide bonds. The Balaban J connectivity index is 1.37. The van der Waals surface area contributed by atoms with Crippen LogP contribution in [0, 0.1) is 35.5 Å². The summed E-state index contributed by atoms with van der Waals surface area (Å²) in [5.74, 6) is 9.48. The van der Waals surface area contributed by atoms with Gasteiger partial charge in [0.2, 0.25) is 0 Å². The summed E-state index contributed by atoms with van der Waals surface area (Å²) in [6.07, 6.45) is 12.9. The van der Waals surface area contributed by atoms with E-state index in [2.05, 4.69) is 23.5 Å². The molecule has 0 saturated heterocycles. The minimum absolute atomic E-state index is 0.200. The molecule has 2 saturated carbocycles. The van der Waals surface area contributed by atoms with E-state index in [9.17, 15) is 13.2 Å². The molecule has 1 nitrogen and oxygen atoms in total. The van der Waals surface area contributed by atoms with E-state index in [4.69, 9.17) is 0 Å². The molecular weight excluding hydrogens is 397 g/mol. The molecule has 172 valence electrons. The molecule has 3 rings (SSSR count). The second-order valence-corrected chi connectivity index (χ2v) is 9.58. The summed E-state index contributed by atoms with van der Waals surface area (Å²) >= 11 is 0. The molecular formula is C27H37F3O. The highest BCUT2D eigenvalue weighted by Crippen LogP contribution is 2.42. The molecule has 0 N–H and O–H groups in total. The average molecular weight is 435 g/mol. The SMILES string of the molecule is CCCCCC[C@H]1CC[C@H](C2CCC(C#Cc3ccc(OC(F)(F)F)cc3)CC2)CC1. The molecule has 0 aromatic heterocycles. The van der Waals surface area contributed by atoms with Crippen LogP contribution in [-0.2, 0) is 0 Å². The Morgan fingerprint density at radius 3 is 2.03 bits per heavy atom. The van der Waals surface area contributed by atoms with Crippen molar-refractivity contribution in [1.29, 1.82) is 0 Å². The van der Waals surface area contributed by atoms with Crippen molar-refractivity contribution < 1.29 is 17.9 Å². The lowest BCUT2D eigenvalue weighted by Crippen LogP contribution is -2.25. The predicted molar refractivity (Wildman–Crippen MR) is 120 cm³/mol. The third kappa shape index (κ3) is 8.43. The van der Waals surface area contributed by atoms with E-state index in [0.717, 1.165) is 36.2 Å². The van der Waals surface area contributed by atoms with Gasteiger partial charge in [0.1, 0.15) is 5.75 Å². The molecule has 0 aliphatic heterocycles. The number of rotatable bonds is 7. The molecule has 0 heterocycles. The van der Waals surface area contributed by atoms with Gasteiger partial charge in [0.25, 0.3) is 0 Å². The van der Waals surface area contributed by atoms with Crippen molar-refractivity contribution in [1.82, 2.24) is 0 Å². The lowest BCUT2D eigenvalue weighted by Gasteiger charge is -2.37. The number of ether oxygens (including phenoxy) is 1. The molecule has 1 aromatic rings. The first kappa shape index (κ1) is 24.0. The smallest absolute Gasteiger partial charge is 0.406 e.